The lowest BCUT2D eigenvalue weighted by molar-refractivity contribution is 0.0529. The van der Waals surface area contributed by atoms with Crippen molar-refractivity contribution in [1.82, 2.24) is 0 Å². The third-order valence-electron chi connectivity index (χ3n) is 2.78. The predicted molar refractivity (Wildman–Crippen MR) is 82.2 cm³/mol. The average Bonchev–Trinajstić information content (AvgIpc) is 2.75. The van der Waals surface area contributed by atoms with Crippen LogP contribution in [0.25, 0.3) is 0 Å². The standard InChI is InChI=1S/C14H21N3O2S/c1-4-7-17(8-5-2)13-11(14(18)19-6-3)12(16)10(9-15)20-13/h4-8,16H2,1-3H3. The lowest BCUT2D eigenvalue weighted by atomic mass is 10.2. The van der Waals surface area contributed by atoms with Crippen LogP contribution in [0, 0.1) is 11.3 Å². The van der Waals surface area contributed by atoms with E-state index in [4.69, 9.17) is 15.7 Å². The van der Waals surface area contributed by atoms with Gasteiger partial charge in [-0.05, 0) is 19.8 Å². The summed E-state index contributed by atoms with van der Waals surface area (Å²) in [4.78, 5) is 14.6. The van der Waals surface area contributed by atoms with Crippen molar-refractivity contribution >= 4 is 28.0 Å². The van der Waals surface area contributed by atoms with Crippen molar-refractivity contribution in [2.24, 2.45) is 0 Å². The predicted octanol–water partition coefficient (Wildman–Crippen LogP) is 3.01. The van der Waals surface area contributed by atoms with Gasteiger partial charge < -0.3 is 15.4 Å². The number of esters is 1. The molecule has 0 aliphatic heterocycles. The number of nitriles is 1. The Morgan fingerprint density at radius 2 is 1.95 bits per heavy atom. The number of nitrogens with two attached hydrogens (primary N) is 1. The highest BCUT2D eigenvalue weighted by Crippen LogP contribution is 2.38. The van der Waals surface area contributed by atoms with Crippen LogP contribution in [-0.4, -0.2) is 25.7 Å². The summed E-state index contributed by atoms with van der Waals surface area (Å²) >= 11 is 1.27. The van der Waals surface area contributed by atoms with Gasteiger partial charge in [0, 0.05) is 13.1 Å². The fourth-order valence-corrected chi connectivity index (χ4v) is 3.05. The first-order valence-electron chi connectivity index (χ1n) is 6.84. The minimum Gasteiger partial charge on any atom is -0.462 e. The van der Waals surface area contributed by atoms with E-state index in [1.54, 1.807) is 6.92 Å². The summed E-state index contributed by atoms with van der Waals surface area (Å²) in [5.41, 5.74) is 6.52. The number of thiophene rings is 1. The number of hydrogen-bond donors (Lipinski definition) is 1. The molecule has 1 aromatic heterocycles. The van der Waals surface area contributed by atoms with E-state index < -0.39 is 5.97 Å². The Morgan fingerprint density at radius 1 is 1.35 bits per heavy atom. The molecule has 0 aliphatic rings. The number of hydrogen-bond acceptors (Lipinski definition) is 6. The first-order valence-corrected chi connectivity index (χ1v) is 7.66. The summed E-state index contributed by atoms with van der Waals surface area (Å²) in [7, 11) is 0. The van der Waals surface area contributed by atoms with Crippen molar-refractivity contribution in [1.29, 1.82) is 5.26 Å². The quantitative estimate of drug-likeness (QED) is 0.782. The van der Waals surface area contributed by atoms with Crippen LogP contribution >= 0.6 is 11.3 Å². The SMILES string of the molecule is CCCN(CCC)c1sc(C#N)c(N)c1C(=O)OCC. The molecule has 2 N–H and O–H groups in total. The fourth-order valence-electron chi connectivity index (χ4n) is 1.99. The largest absolute Gasteiger partial charge is 0.462 e. The average molecular weight is 295 g/mol. The summed E-state index contributed by atoms with van der Waals surface area (Å²) in [5, 5.41) is 9.87. The number of rotatable bonds is 7. The van der Waals surface area contributed by atoms with Crippen molar-refractivity contribution in [2.45, 2.75) is 33.6 Å². The van der Waals surface area contributed by atoms with Gasteiger partial charge >= 0.3 is 5.97 Å². The second-order valence-corrected chi connectivity index (χ2v) is 5.34. The molecule has 0 radical (unpaired) electrons. The van der Waals surface area contributed by atoms with Gasteiger partial charge in [-0.15, -0.1) is 11.3 Å². The van der Waals surface area contributed by atoms with E-state index in [0.717, 1.165) is 30.9 Å². The van der Waals surface area contributed by atoms with Gasteiger partial charge in [-0.3, -0.25) is 0 Å². The maximum absolute atomic E-state index is 12.1. The van der Waals surface area contributed by atoms with Gasteiger partial charge in [0.15, 0.2) is 0 Å². The molecule has 1 rings (SSSR count). The Hall–Kier alpha value is -1.74. The molecule has 0 atom stereocenters. The number of nitrogen functional groups attached to an aromatic ring is 1. The molecule has 20 heavy (non-hydrogen) atoms. The minimum atomic E-state index is -0.449. The highest BCUT2D eigenvalue weighted by molar-refractivity contribution is 7.17. The summed E-state index contributed by atoms with van der Waals surface area (Å²) in [6.07, 6.45) is 1.92. The number of anilines is 2. The van der Waals surface area contributed by atoms with Gasteiger partial charge in [-0.25, -0.2) is 4.79 Å². The zero-order valence-electron chi connectivity index (χ0n) is 12.2. The maximum atomic E-state index is 12.1. The molecule has 0 bridgehead atoms. The van der Waals surface area contributed by atoms with E-state index in [9.17, 15) is 4.79 Å². The molecule has 1 aromatic rings. The van der Waals surface area contributed by atoms with E-state index in [-0.39, 0.29) is 12.3 Å². The third-order valence-corrected chi connectivity index (χ3v) is 3.95. The highest BCUT2D eigenvalue weighted by Gasteiger charge is 2.26. The molecule has 0 fully saturated rings. The highest BCUT2D eigenvalue weighted by atomic mass is 32.1. The molecule has 0 unspecified atom stereocenters. The smallest absolute Gasteiger partial charge is 0.343 e. The Kier molecular flexibility index (Phi) is 6.32. The van der Waals surface area contributed by atoms with E-state index in [1.165, 1.54) is 11.3 Å². The van der Waals surface area contributed by atoms with Crippen LogP contribution in [0.5, 0.6) is 0 Å². The van der Waals surface area contributed by atoms with E-state index in [1.807, 2.05) is 0 Å². The maximum Gasteiger partial charge on any atom is 0.343 e. The molecule has 0 amide bonds. The number of nitrogens with zero attached hydrogens (tertiary/aromatic N) is 2. The van der Waals surface area contributed by atoms with Gasteiger partial charge in [0.25, 0.3) is 0 Å². The van der Waals surface area contributed by atoms with Gasteiger partial charge in [0.05, 0.1) is 12.3 Å². The zero-order chi connectivity index (χ0) is 15.1. The molecule has 0 aliphatic carbocycles. The molecule has 0 spiro atoms. The number of carbonyl (C=O) groups excluding carboxylic acids is 1. The molecule has 0 aromatic carbocycles. The van der Waals surface area contributed by atoms with Crippen LogP contribution in [-0.2, 0) is 4.74 Å². The normalized spacial score (nSPS) is 10.1. The van der Waals surface area contributed by atoms with E-state index >= 15 is 0 Å². The lowest BCUT2D eigenvalue weighted by Crippen LogP contribution is -2.26. The Morgan fingerprint density at radius 3 is 2.40 bits per heavy atom. The zero-order valence-corrected chi connectivity index (χ0v) is 13.0. The molecule has 1 heterocycles. The molecule has 5 nitrogen and oxygen atoms in total. The Bertz CT molecular complexity index is 499. The van der Waals surface area contributed by atoms with Crippen molar-refractivity contribution in [3.8, 4) is 6.07 Å². The molecule has 0 saturated carbocycles. The Labute approximate surface area is 123 Å². The van der Waals surface area contributed by atoms with Crippen LogP contribution in [0.3, 0.4) is 0 Å². The van der Waals surface area contributed by atoms with Crippen molar-refractivity contribution < 1.29 is 9.53 Å². The summed E-state index contributed by atoms with van der Waals surface area (Å²) in [6, 6.07) is 2.05. The van der Waals surface area contributed by atoms with E-state index in [0.29, 0.717) is 10.4 Å². The van der Waals surface area contributed by atoms with Crippen molar-refractivity contribution in [3.05, 3.63) is 10.4 Å². The van der Waals surface area contributed by atoms with Gasteiger partial charge in [0.1, 0.15) is 21.5 Å². The summed E-state index contributed by atoms with van der Waals surface area (Å²) < 4.78 is 5.07. The minimum absolute atomic E-state index is 0.239. The lowest BCUT2D eigenvalue weighted by Gasteiger charge is -2.23. The van der Waals surface area contributed by atoms with Crippen LogP contribution < -0.4 is 10.6 Å². The summed E-state index contributed by atoms with van der Waals surface area (Å²) in [6.45, 7) is 7.85. The fraction of sp³-hybridized carbons (Fsp3) is 0.571. The first-order chi connectivity index (χ1) is 9.60. The number of ether oxygens (including phenoxy) is 1. The van der Waals surface area contributed by atoms with Crippen molar-refractivity contribution in [2.75, 3.05) is 30.3 Å². The monoisotopic (exact) mass is 295 g/mol. The Balaban J connectivity index is 3.28. The third kappa shape index (κ3) is 3.42. The molecule has 6 heteroatoms. The molecular formula is C14H21N3O2S. The van der Waals surface area contributed by atoms with Crippen molar-refractivity contribution in [3.63, 3.8) is 0 Å². The van der Waals surface area contributed by atoms with Gasteiger partial charge in [-0.1, -0.05) is 13.8 Å². The van der Waals surface area contributed by atoms with Crippen LogP contribution in [0.1, 0.15) is 48.8 Å². The first kappa shape index (κ1) is 16.3. The van der Waals surface area contributed by atoms with Gasteiger partial charge in [-0.2, -0.15) is 5.26 Å². The van der Waals surface area contributed by atoms with Crippen LogP contribution in [0.4, 0.5) is 10.7 Å². The van der Waals surface area contributed by atoms with Gasteiger partial charge in [0.2, 0.25) is 0 Å². The molecular weight excluding hydrogens is 274 g/mol. The topological polar surface area (TPSA) is 79.4 Å². The second kappa shape index (κ2) is 7.75. The molecule has 0 saturated heterocycles. The number of carbonyl (C=O) groups is 1. The summed E-state index contributed by atoms with van der Waals surface area (Å²) in [5.74, 6) is -0.449. The van der Waals surface area contributed by atoms with E-state index in [2.05, 4.69) is 24.8 Å². The van der Waals surface area contributed by atoms with Crippen LogP contribution in [0.2, 0.25) is 0 Å². The molecule has 110 valence electrons. The van der Waals surface area contributed by atoms with Crippen LogP contribution in [0.15, 0.2) is 0 Å². The second-order valence-electron chi connectivity index (χ2n) is 4.34.